The Kier molecular flexibility index (Phi) is 10.6. The molecule has 6 bridgehead atoms. The maximum atomic E-state index is 7.03. The topological polar surface area (TPSA) is 61.9 Å². The third kappa shape index (κ3) is 6.52. The molecule has 4 aromatic carbocycles. The minimum absolute atomic E-state index is 0.000437. The van der Waals surface area contributed by atoms with Crippen molar-refractivity contribution in [3.05, 3.63) is 94.0 Å². The maximum Gasteiger partial charge on any atom is 0.204 e. The molecule has 0 unspecified atom stereocenters. The molecule has 2 atom stereocenters. The van der Waals surface area contributed by atoms with E-state index in [9.17, 15) is 0 Å². The molecule has 0 aliphatic carbocycles. The van der Waals surface area contributed by atoms with Gasteiger partial charge in [0.15, 0.2) is 34.5 Å². The Bertz CT molecular complexity index is 1760. The van der Waals surface area contributed by atoms with Gasteiger partial charge in [0.2, 0.25) is 5.75 Å². The first kappa shape index (κ1) is 34.2. The summed E-state index contributed by atoms with van der Waals surface area (Å²) in [5.74, 6) is 5.41. The number of alkyl halides is 1. The molecule has 0 aromatic heterocycles. The van der Waals surface area contributed by atoms with E-state index in [2.05, 4.69) is 89.0 Å². The highest BCUT2D eigenvalue weighted by molar-refractivity contribution is 14.1. The minimum Gasteiger partial charge on any atom is -0.493 e. The van der Waals surface area contributed by atoms with E-state index in [1.54, 1.807) is 28.4 Å². The summed E-state index contributed by atoms with van der Waals surface area (Å²) < 4.78 is 37.1. The highest BCUT2D eigenvalue weighted by atomic mass is 127. The number of hydrogen-bond acceptors (Lipinski definition) is 8. The van der Waals surface area contributed by atoms with Crippen LogP contribution in [0.25, 0.3) is 0 Å². The van der Waals surface area contributed by atoms with Gasteiger partial charge in [0, 0.05) is 30.7 Å². The Hall–Kier alpha value is -3.67. The summed E-state index contributed by atoms with van der Waals surface area (Å²) in [4.78, 5) is 6.78. The van der Waals surface area contributed by atoms with Gasteiger partial charge in [-0.25, -0.2) is 0 Å². The zero-order valence-corrected chi connectivity index (χ0v) is 31.1. The Morgan fingerprint density at radius 1 is 0.625 bits per heavy atom. The first-order valence-corrected chi connectivity index (χ1v) is 18.4. The molecule has 0 radical (unpaired) electrons. The Balaban J connectivity index is 0.00000197. The molecule has 9 heteroatoms. The highest BCUT2D eigenvalue weighted by Gasteiger charge is 2.34. The summed E-state index contributed by atoms with van der Waals surface area (Å²) in [6.45, 7) is 1.86. The molecule has 0 amide bonds. The average molecular weight is 765 g/mol. The summed E-state index contributed by atoms with van der Waals surface area (Å²) >= 11 is 2.15. The zero-order chi connectivity index (χ0) is 33.9. The van der Waals surface area contributed by atoms with Crippen LogP contribution in [0.4, 0.5) is 0 Å². The van der Waals surface area contributed by atoms with Crippen molar-refractivity contribution >= 4 is 22.6 Å². The smallest absolute Gasteiger partial charge is 0.204 e. The third-order valence-corrected chi connectivity index (χ3v) is 9.85. The molecule has 4 aliphatic rings. The molecule has 4 aromatic rings. The van der Waals surface area contributed by atoms with Crippen LogP contribution in [-0.4, -0.2) is 70.4 Å². The number of ether oxygens (including phenoxy) is 6. The van der Waals surface area contributed by atoms with Crippen LogP contribution >= 0.6 is 22.6 Å². The molecule has 4 heterocycles. The van der Waals surface area contributed by atoms with Crippen molar-refractivity contribution in [2.24, 2.45) is 0 Å². The van der Waals surface area contributed by atoms with E-state index >= 15 is 0 Å². The summed E-state index contributed by atoms with van der Waals surface area (Å²) in [6, 6.07) is 21.2. The quantitative estimate of drug-likeness (QED) is 0.152. The molecule has 0 saturated carbocycles. The van der Waals surface area contributed by atoms with Crippen molar-refractivity contribution in [1.82, 2.24) is 9.80 Å². The summed E-state index contributed by atoms with van der Waals surface area (Å²) in [5.41, 5.74) is 7.15. The lowest BCUT2D eigenvalue weighted by Crippen LogP contribution is -2.34. The largest absolute Gasteiger partial charge is 0.493 e. The van der Waals surface area contributed by atoms with Crippen molar-refractivity contribution < 1.29 is 28.4 Å². The number of rotatable bonds is 4. The summed E-state index contributed by atoms with van der Waals surface area (Å²) in [6.07, 6.45) is 3.37. The van der Waals surface area contributed by atoms with E-state index in [1.807, 2.05) is 23.1 Å². The van der Waals surface area contributed by atoms with E-state index in [-0.39, 0.29) is 12.1 Å². The molecule has 0 N–H and O–H groups in total. The monoisotopic (exact) mass is 764 g/mol. The lowest BCUT2D eigenvalue weighted by Gasteiger charge is -2.37. The molecule has 0 saturated heterocycles. The SMILES string of the molecule is CI.COc1ccc2cc1Oc1ccc(cc1)C[C@H]1c3cc(c(OC)cc3CCN1C)Oc1c(OC)c(OC)cc3c1[C@H](C2)N(C)CC3. The predicted molar refractivity (Wildman–Crippen MR) is 198 cm³/mol. The number of fused-ring (bicyclic) bond motifs is 2. The van der Waals surface area contributed by atoms with Crippen LogP contribution in [0.2, 0.25) is 0 Å². The number of halogens is 1. The fraction of sp³-hybridized carbons (Fsp3) is 0.385. The van der Waals surface area contributed by atoms with Crippen molar-refractivity contribution in [3.8, 4) is 46.0 Å². The van der Waals surface area contributed by atoms with Crippen molar-refractivity contribution in [3.63, 3.8) is 0 Å². The lowest BCUT2D eigenvalue weighted by atomic mass is 9.87. The van der Waals surface area contributed by atoms with Gasteiger partial charge in [-0.1, -0.05) is 40.8 Å². The minimum atomic E-state index is 0.000437. The normalized spacial score (nSPS) is 18.5. The third-order valence-electron chi connectivity index (χ3n) is 9.85. The van der Waals surface area contributed by atoms with Gasteiger partial charge in [-0.15, -0.1) is 0 Å². The van der Waals surface area contributed by atoms with E-state index in [0.29, 0.717) is 40.2 Å². The first-order chi connectivity index (χ1) is 23.4. The van der Waals surface area contributed by atoms with Crippen LogP contribution in [0.3, 0.4) is 0 Å². The van der Waals surface area contributed by atoms with Gasteiger partial charge < -0.3 is 28.4 Å². The van der Waals surface area contributed by atoms with Crippen LogP contribution in [0.5, 0.6) is 46.0 Å². The molecule has 8 nitrogen and oxygen atoms in total. The molecule has 0 spiro atoms. The maximum absolute atomic E-state index is 7.03. The number of benzene rings is 4. The van der Waals surface area contributed by atoms with E-state index < -0.39 is 0 Å². The van der Waals surface area contributed by atoms with Crippen LogP contribution in [0.1, 0.15) is 45.5 Å². The summed E-state index contributed by atoms with van der Waals surface area (Å²) in [7, 11) is 11.1. The molecular formula is C39H45IN2O6. The fourth-order valence-electron chi connectivity index (χ4n) is 7.28. The number of nitrogens with zero attached hydrogens (tertiary/aromatic N) is 2. The van der Waals surface area contributed by atoms with Gasteiger partial charge in [-0.2, -0.15) is 0 Å². The van der Waals surface area contributed by atoms with E-state index in [4.69, 9.17) is 28.4 Å². The molecular weight excluding hydrogens is 719 g/mol. The molecule has 4 aliphatic heterocycles. The zero-order valence-electron chi connectivity index (χ0n) is 28.9. The number of hydrogen-bond donors (Lipinski definition) is 0. The van der Waals surface area contributed by atoms with Crippen molar-refractivity contribution in [2.75, 3.05) is 60.6 Å². The van der Waals surface area contributed by atoms with Gasteiger partial charge in [0.1, 0.15) is 5.75 Å². The average Bonchev–Trinajstić information content (AvgIpc) is 3.11. The Labute approximate surface area is 298 Å². The van der Waals surface area contributed by atoms with Crippen LogP contribution < -0.4 is 28.4 Å². The number of methoxy groups -OCH3 is 4. The second-order valence-electron chi connectivity index (χ2n) is 12.5. The number of likely N-dealkylation sites (N-methyl/N-ethyl adjacent to an activating group) is 2. The van der Waals surface area contributed by atoms with Crippen molar-refractivity contribution in [2.45, 2.75) is 37.8 Å². The fourth-order valence-corrected chi connectivity index (χ4v) is 7.28. The van der Waals surface area contributed by atoms with E-state index in [0.717, 1.165) is 55.6 Å². The predicted octanol–water partition coefficient (Wildman–Crippen LogP) is 8.21. The molecule has 48 heavy (non-hydrogen) atoms. The summed E-state index contributed by atoms with van der Waals surface area (Å²) in [5, 5.41) is 0. The highest BCUT2D eigenvalue weighted by Crippen LogP contribution is 2.52. The van der Waals surface area contributed by atoms with Gasteiger partial charge in [-0.05, 0) is 115 Å². The van der Waals surface area contributed by atoms with Gasteiger partial charge in [0.25, 0.3) is 0 Å². The first-order valence-electron chi connectivity index (χ1n) is 16.3. The Morgan fingerprint density at radius 2 is 1.23 bits per heavy atom. The van der Waals surface area contributed by atoms with E-state index in [1.165, 1.54) is 22.3 Å². The molecule has 8 rings (SSSR count). The second kappa shape index (κ2) is 14.8. The van der Waals surface area contributed by atoms with Crippen LogP contribution in [-0.2, 0) is 25.7 Å². The van der Waals surface area contributed by atoms with Gasteiger partial charge >= 0.3 is 0 Å². The van der Waals surface area contributed by atoms with Gasteiger partial charge in [-0.3, -0.25) is 9.80 Å². The van der Waals surface area contributed by atoms with Crippen molar-refractivity contribution in [1.29, 1.82) is 0 Å². The molecule has 0 fully saturated rings. The Morgan fingerprint density at radius 3 is 1.92 bits per heavy atom. The standard InChI is InChI=1S/C38H42N2O6.CH3I/c1-39-15-13-25-20-32(42-4)34-22-28(25)29(39)17-23-7-10-27(11-8-23)45-33-19-24(9-12-31(33)41-3)18-30-36-26(14-16-40(30)2)21-35(43-5)37(44-6)38(36)46-34;1-2/h7-12,19-22,29-30H,13-18H2,1-6H3;1H3/t29-,30-;/m0./s1. The second-order valence-corrected chi connectivity index (χ2v) is 12.5. The van der Waals surface area contributed by atoms with Gasteiger partial charge in [0.05, 0.1) is 28.4 Å². The lowest BCUT2D eigenvalue weighted by molar-refractivity contribution is 0.220. The molecule has 254 valence electrons. The van der Waals surface area contributed by atoms with Crippen LogP contribution in [0.15, 0.2) is 60.7 Å². The van der Waals surface area contributed by atoms with Crippen LogP contribution in [0, 0.1) is 0 Å².